The second-order valence-electron chi connectivity index (χ2n) is 7.69. The van der Waals surface area contributed by atoms with Gasteiger partial charge in [0.15, 0.2) is 0 Å². The van der Waals surface area contributed by atoms with Crippen LogP contribution in [0.4, 0.5) is 0 Å². The van der Waals surface area contributed by atoms with Gasteiger partial charge in [-0.25, -0.2) is 0 Å². The molecule has 0 bridgehead atoms. The van der Waals surface area contributed by atoms with E-state index in [2.05, 4.69) is 10.2 Å². The summed E-state index contributed by atoms with van der Waals surface area (Å²) < 4.78 is 0. The maximum Gasteiger partial charge on any atom is 0.125 e. The van der Waals surface area contributed by atoms with Crippen LogP contribution in [-0.4, -0.2) is 59.8 Å². The van der Waals surface area contributed by atoms with E-state index in [0.717, 1.165) is 21.5 Å². The number of nitrogens with zero attached hydrogens (tertiary/aromatic N) is 4. The topological polar surface area (TPSA) is 71.7 Å². The second kappa shape index (κ2) is 9.39. The SMILES string of the molecule is CN(CCN(C)N=Cc1c(O)ccc2ccccc12)N=Cc1c(O)ccc2ccccc12. The molecule has 0 unspecified atom stereocenters. The molecule has 162 valence electrons. The van der Waals surface area contributed by atoms with Gasteiger partial charge in [-0.3, -0.25) is 10.0 Å². The largest absolute Gasteiger partial charge is 0.507 e. The molecule has 0 radical (unpaired) electrons. The molecule has 0 saturated carbocycles. The Morgan fingerprint density at radius 3 is 1.47 bits per heavy atom. The number of fused-ring (bicyclic) bond motifs is 2. The molecule has 0 amide bonds. The van der Waals surface area contributed by atoms with Crippen molar-refractivity contribution in [2.75, 3.05) is 27.2 Å². The maximum atomic E-state index is 10.3. The van der Waals surface area contributed by atoms with Crippen molar-refractivity contribution >= 4 is 34.0 Å². The van der Waals surface area contributed by atoms with Gasteiger partial charge in [-0.1, -0.05) is 60.7 Å². The molecule has 32 heavy (non-hydrogen) atoms. The first-order valence-electron chi connectivity index (χ1n) is 10.4. The summed E-state index contributed by atoms with van der Waals surface area (Å²) in [5.41, 5.74) is 1.40. The van der Waals surface area contributed by atoms with E-state index in [0.29, 0.717) is 24.2 Å². The van der Waals surface area contributed by atoms with Gasteiger partial charge in [0.25, 0.3) is 0 Å². The Bertz CT molecular complexity index is 1200. The van der Waals surface area contributed by atoms with Gasteiger partial charge in [0.1, 0.15) is 11.5 Å². The van der Waals surface area contributed by atoms with Gasteiger partial charge in [0.2, 0.25) is 0 Å². The number of benzene rings is 4. The third-order valence-electron chi connectivity index (χ3n) is 5.41. The molecule has 0 aromatic heterocycles. The lowest BCUT2D eigenvalue weighted by atomic mass is 10.0. The molecular weight excluding hydrogens is 400 g/mol. The summed E-state index contributed by atoms with van der Waals surface area (Å²) >= 11 is 0. The van der Waals surface area contributed by atoms with Crippen molar-refractivity contribution in [1.29, 1.82) is 0 Å². The summed E-state index contributed by atoms with van der Waals surface area (Å²) in [6.45, 7) is 1.27. The molecular formula is C26H26N4O2. The Kier molecular flexibility index (Phi) is 6.22. The Morgan fingerprint density at radius 1 is 0.625 bits per heavy atom. The highest BCUT2D eigenvalue weighted by Gasteiger charge is 2.06. The van der Waals surface area contributed by atoms with E-state index >= 15 is 0 Å². The zero-order valence-corrected chi connectivity index (χ0v) is 18.2. The normalized spacial score (nSPS) is 11.7. The molecule has 0 heterocycles. The van der Waals surface area contributed by atoms with Crippen molar-refractivity contribution in [3.05, 3.63) is 83.9 Å². The fourth-order valence-electron chi connectivity index (χ4n) is 3.56. The van der Waals surface area contributed by atoms with Crippen LogP contribution in [0.25, 0.3) is 21.5 Å². The summed E-state index contributed by atoms with van der Waals surface area (Å²) in [6, 6.07) is 23.0. The first-order valence-corrected chi connectivity index (χ1v) is 10.4. The minimum Gasteiger partial charge on any atom is -0.507 e. The number of hydrogen-bond donors (Lipinski definition) is 2. The maximum absolute atomic E-state index is 10.3. The van der Waals surface area contributed by atoms with E-state index in [4.69, 9.17) is 0 Å². The Hall–Kier alpha value is -4.06. The molecule has 0 fully saturated rings. The number of phenolic OH excluding ortho intramolecular Hbond substituents is 2. The van der Waals surface area contributed by atoms with Crippen molar-refractivity contribution in [2.45, 2.75) is 0 Å². The van der Waals surface area contributed by atoms with Gasteiger partial charge in [-0.2, -0.15) is 10.2 Å². The molecule has 6 heteroatoms. The van der Waals surface area contributed by atoms with Crippen LogP contribution in [0.1, 0.15) is 11.1 Å². The molecule has 4 aromatic rings. The van der Waals surface area contributed by atoms with E-state index < -0.39 is 0 Å². The molecule has 6 nitrogen and oxygen atoms in total. The van der Waals surface area contributed by atoms with Crippen LogP contribution in [0.3, 0.4) is 0 Å². The monoisotopic (exact) mass is 426 g/mol. The average molecular weight is 427 g/mol. The molecule has 4 rings (SSSR count). The molecule has 0 atom stereocenters. The minimum absolute atomic E-state index is 0.206. The highest BCUT2D eigenvalue weighted by atomic mass is 16.3. The van der Waals surface area contributed by atoms with Gasteiger partial charge >= 0.3 is 0 Å². The van der Waals surface area contributed by atoms with Crippen LogP contribution in [0.2, 0.25) is 0 Å². The summed E-state index contributed by atoms with van der Waals surface area (Å²) in [5.74, 6) is 0.412. The standard InChI is InChI=1S/C26H26N4O2/c1-29(27-17-23-21-9-5-3-7-19(21)11-13-25(23)31)15-16-30(2)28-18-24-22-10-6-4-8-20(22)12-14-26(24)32/h3-14,17-18,31-32H,15-16H2,1-2H3. The molecule has 4 aromatic carbocycles. The number of aromatic hydroxyl groups is 2. The zero-order valence-electron chi connectivity index (χ0n) is 18.2. The van der Waals surface area contributed by atoms with E-state index in [1.54, 1.807) is 24.6 Å². The summed E-state index contributed by atoms with van der Waals surface area (Å²) in [5, 5.41) is 37.1. The molecule has 0 spiro atoms. The number of phenols is 2. The van der Waals surface area contributed by atoms with Crippen LogP contribution >= 0.6 is 0 Å². The van der Waals surface area contributed by atoms with Gasteiger partial charge in [-0.15, -0.1) is 0 Å². The lowest BCUT2D eigenvalue weighted by molar-refractivity contribution is 0.272. The van der Waals surface area contributed by atoms with Crippen molar-refractivity contribution in [2.24, 2.45) is 10.2 Å². The van der Waals surface area contributed by atoms with E-state index in [1.807, 2.05) is 84.8 Å². The molecule has 0 aliphatic heterocycles. The third-order valence-corrected chi connectivity index (χ3v) is 5.41. The lowest BCUT2D eigenvalue weighted by Gasteiger charge is -2.18. The average Bonchev–Trinajstić information content (AvgIpc) is 2.81. The molecule has 0 saturated heterocycles. The van der Waals surface area contributed by atoms with Crippen LogP contribution in [-0.2, 0) is 0 Å². The minimum atomic E-state index is 0.206. The van der Waals surface area contributed by atoms with Crippen molar-refractivity contribution in [3.63, 3.8) is 0 Å². The quantitative estimate of drug-likeness (QED) is 0.334. The van der Waals surface area contributed by atoms with Crippen molar-refractivity contribution < 1.29 is 10.2 Å². The Morgan fingerprint density at radius 2 is 1.03 bits per heavy atom. The van der Waals surface area contributed by atoms with E-state index in [-0.39, 0.29) is 11.5 Å². The van der Waals surface area contributed by atoms with Gasteiger partial charge in [0, 0.05) is 25.2 Å². The van der Waals surface area contributed by atoms with Gasteiger partial charge in [-0.05, 0) is 33.7 Å². The summed E-state index contributed by atoms with van der Waals surface area (Å²) in [7, 11) is 3.76. The van der Waals surface area contributed by atoms with Crippen LogP contribution in [0, 0.1) is 0 Å². The Balaban J connectivity index is 1.40. The zero-order chi connectivity index (χ0) is 22.5. The fourth-order valence-corrected chi connectivity index (χ4v) is 3.56. The van der Waals surface area contributed by atoms with Crippen LogP contribution in [0.15, 0.2) is 83.0 Å². The van der Waals surface area contributed by atoms with Crippen molar-refractivity contribution in [1.82, 2.24) is 10.0 Å². The second-order valence-corrected chi connectivity index (χ2v) is 7.69. The first-order chi connectivity index (χ1) is 15.5. The highest BCUT2D eigenvalue weighted by molar-refractivity contribution is 6.03. The highest BCUT2D eigenvalue weighted by Crippen LogP contribution is 2.26. The third kappa shape index (κ3) is 4.64. The Labute approximate surface area is 187 Å². The van der Waals surface area contributed by atoms with Gasteiger partial charge < -0.3 is 10.2 Å². The molecule has 2 N–H and O–H groups in total. The van der Waals surface area contributed by atoms with Crippen LogP contribution in [0.5, 0.6) is 11.5 Å². The predicted octanol–water partition coefficient (Wildman–Crippen LogP) is 4.64. The summed E-state index contributed by atoms with van der Waals surface area (Å²) in [4.78, 5) is 0. The van der Waals surface area contributed by atoms with Gasteiger partial charge in [0.05, 0.1) is 25.5 Å². The number of rotatable bonds is 7. The first kappa shape index (κ1) is 21.2. The molecule has 0 aliphatic carbocycles. The van der Waals surface area contributed by atoms with E-state index in [1.165, 1.54) is 0 Å². The number of hydrazone groups is 2. The smallest absolute Gasteiger partial charge is 0.125 e. The fraction of sp³-hybridized carbons (Fsp3) is 0.154. The predicted molar refractivity (Wildman–Crippen MR) is 132 cm³/mol. The molecule has 0 aliphatic rings. The summed E-state index contributed by atoms with van der Waals surface area (Å²) in [6.07, 6.45) is 3.38. The van der Waals surface area contributed by atoms with Crippen LogP contribution < -0.4 is 0 Å². The number of hydrogen-bond acceptors (Lipinski definition) is 6. The van der Waals surface area contributed by atoms with Crippen molar-refractivity contribution in [3.8, 4) is 11.5 Å². The van der Waals surface area contributed by atoms with E-state index in [9.17, 15) is 10.2 Å². The lowest BCUT2D eigenvalue weighted by Crippen LogP contribution is -2.25. The number of likely N-dealkylation sites (N-methyl/N-ethyl adjacent to an activating group) is 2.